The Labute approximate surface area is 181 Å². The van der Waals surface area contributed by atoms with Gasteiger partial charge in [-0.3, -0.25) is 9.80 Å². The van der Waals surface area contributed by atoms with Crippen LogP contribution in [-0.2, 0) is 0 Å². The summed E-state index contributed by atoms with van der Waals surface area (Å²) in [7, 11) is 0. The van der Waals surface area contributed by atoms with E-state index in [1.165, 1.54) is 11.1 Å². The van der Waals surface area contributed by atoms with Crippen LogP contribution in [0, 0.1) is 0 Å². The number of halogens is 1. The quantitative estimate of drug-likeness (QED) is 0.578. The van der Waals surface area contributed by atoms with Gasteiger partial charge >= 0.3 is 0 Å². The van der Waals surface area contributed by atoms with Gasteiger partial charge in [0.05, 0.1) is 12.1 Å². The molecule has 0 aromatic heterocycles. The minimum atomic E-state index is -0.450. The number of benzene rings is 3. The van der Waals surface area contributed by atoms with E-state index in [0.29, 0.717) is 6.54 Å². The van der Waals surface area contributed by atoms with Gasteiger partial charge in [0.1, 0.15) is 0 Å². The van der Waals surface area contributed by atoms with Gasteiger partial charge in [0.25, 0.3) is 0 Å². The van der Waals surface area contributed by atoms with Crippen LogP contribution >= 0.6 is 15.9 Å². The van der Waals surface area contributed by atoms with Crippen LogP contribution in [0.3, 0.4) is 0 Å². The van der Waals surface area contributed by atoms with Crippen molar-refractivity contribution >= 4 is 15.9 Å². The number of nitrogens with zero attached hydrogens (tertiary/aromatic N) is 2. The second-order valence-corrected chi connectivity index (χ2v) is 8.54. The number of hydrogen-bond acceptors (Lipinski definition) is 3. The molecule has 0 radical (unpaired) electrons. The Kier molecular flexibility index (Phi) is 6.78. The fourth-order valence-corrected chi connectivity index (χ4v) is 4.39. The second kappa shape index (κ2) is 9.68. The summed E-state index contributed by atoms with van der Waals surface area (Å²) < 4.78 is 1.04. The molecule has 1 aliphatic rings. The van der Waals surface area contributed by atoms with Crippen LogP contribution in [0.2, 0.25) is 0 Å². The predicted molar refractivity (Wildman–Crippen MR) is 122 cm³/mol. The Morgan fingerprint density at radius 2 is 1.21 bits per heavy atom. The van der Waals surface area contributed by atoms with Gasteiger partial charge in [-0.25, -0.2) is 0 Å². The molecule has 3 nitrogen and oxygen atoms in total. The average Bonchev–Trinajstić information content (AvgIpc) is 2.77. The molecule has 0 amide bonds. The molecule has 1 fully saturated rings. The molecule has 3 aromatic rings. The van der Waals surface area contributed by atoms with Crippen molar-refractivity contribution in [2.45, 2.75) is 12.1 Å². The lowest BCUT2D eigenvalue weighted by atomic mass is 9.96. The van der Waals surface area contributed by atoms with E-state index in [2.05, 4.69) is 86.4 Å². The van der Waals surface area contributed by atoms with Crippen molar-refractivity contribution in [3.05, 3.63) is 106 Å². The lowest BCUT2D eigenvalue weighted by Gasteiger charge is -2.40. The molecule has 4 rings (SSSR count). The predicted octanol–water partition coefficient (Wildman–Crippen LogP) is 4.89. The maximum absolute atomic E-state index is 10.6. The van der Waals surface area contributed by atoms with Gasteiger partial charge in [-0.1, -0.05) is 88.7 Å². The fraction of sp³-hybridized carbons (Fsp3) is 0.280. The Balaban J connectivity index is 1.42. The monoisotopic (exact) mass is 450 g/mol. The molecule has 0 unspecified atom stereocenters. The first-order chi connectivity index (χ1) is 14.2. The van der Waals surface area contributed by atoms with Crippen LogP contribution < -0.4 is 0 Å². The van der Waals surface area contributed by atoms with Crippen LogP contribution in [0.1, 0.15) is 28.8 Å². The first kappa shape index (κ1) is 20.3. The van der Waals surface area contributed by atoms with Gasteiger partial charge in [-0.15, -0.1) is 0 Å². The Morgan fingerprint density at radius 3 is 1.72 bits per heavy atom. The van der Waals surface area contributed by atoms with E-state index in [-0.39, 0.29) is 6.04 Å². The summed E-state index contributed by atoms with van der Waals surface area (Å²) in [6.45, 7) is 4.58. The van der Waals surface area contributed by atoms with Crippen LogP contribution in [-0.4, -0.2) is 47.6 Å². The van der Waals surface area contributed by atoms with Crippen molar-refractivity contribution in [3.63, 3.8) is 0 Å². The second-order valence-electron chi connectivity index (χ2n) is 7.63. The number of β-amino-alcohol motifs (C(OH)–C–C–N with tert-alkyl or cyclic N) is 1. The summed E-state index contributed by atoms with van der Waals surface area (Å²) in [5, 5.41) is 10.6. The third-order valence-corrected chi connectivity index (χ3v) is 6.22. The molecular formula is C25H27BrN2O. The molecule has 1 aliphatic heterocycles. The largest absolute Gasteiger partial charge is 0.387 e. The van der Waals surface area contributed by atoms with Crippen molar-refractivity contribution in [1.29, 1.82) is 0 Å². The van der Waals surface area contributed by atoms with Gasteiger partial charge in [-0.05, 0) is 28.8 Å². The molecule has 29 heavy (non-hydrogen) atoms. The minimum Gasteiger partial charge on any atom is -0.387 e. The van der Waals surface area contributed by atoms with Gasteiger partial charge in [0.15, 0.2) is 0 Å². The van der Waals surface area contributed by atoms with Crippen molar-refractivity contribution in [1.82, 2.24) is 9.80 Å². The summed E-state index contributed by atoms with van der Waals surface area (Å²) in [4.78, 5) is 4.93. The zero-order valence-corrected chi connectivity index (χ0v) is 18.1. The molecule has 1 atom stereocenters. The van der Waals surface area contributed by atoms with E-state index in [9.17, 15) is 5.11 Å². The lowest BCUT2D eigenvalue weighted by molar-refractivity contribution is 0.0623. The summed E-state index contributed by atoms with van der Waals surface area (Å²) in [5.41, 5.74) is 3.64. The minimum absolute atomic E-state index is 0.274. The highest BCUT2D eigenvalue weighted by molar-refractivity contribution is 9.10. The Morgan fingerprint density at radius 1 is 0.690 bits per heavy atom. The highest BCUT2D eigenvalue weighted by atomic mass is 79.9. The molecule has 1 N–H and O–H groups in total. The normalized spacial score (nSPS) is 16.8. The fourth-order valence-electron chi connectivity index (χ4n) is 4.12. The Hall–Kier alpha value is -1.98. The van der Waals surface area contributed by atoms with Gasteiger partial charge in [0.2, 0.25) is 0 Å². The average molecular weight is 451 g/mol. The van der Waals surface area contributed by atoms with Crippen molar-refractivity contribution in [3.8, 4) is 0 Å². The molecule has 0 spiro atoms. The molecule has 0 saturated carbocycles. The zero-order chi connectivity index (χ0) is 20.1. The molecule has 0 aliphatic carbocycles. The van der Waals surface area contributed by atoms with Gasteiger partial charge in [0, 0.05) is 37.2 Å². The third kappa shape index (κ3) is 5.14. The molecule has 150 valence electrons. The summed E-state index contributed by atoms with van der Waals surface area (Å²) in [6.07, 6.45) is -0.450. The van der Waals surface area contributed by atoms with Crippen molar-refractivity contribution in [2.24, 2.45) is 0 Å². The highest BCUT2D eigenvalue weighted by Crippen LogP contribution is 2.29. The first-order valence-corrected chi connectivity index (χ1v) is 11.0. The van der Waals surface area contributed by atoms with Gasteiger partial charge in [-0.2, -0.15) is 0 Å². The Bertz CT molecular complexity index is 838. The SMILES string of the molecule is O[C@@H](CN1CCN(C(c2ccccc2)c2ccccc2)CC1)c1ccc(Br)cc1. The van der Waals surface area contributed by atoms with Gasteiger partial charge < -0.3 is 5.11 Å². The molecular weight excluding hydrogens is 424 g/mol. The zero-order valence-electron chi connectivity index (χ0n) is 16.5. The maximum atomic E-state index is 10.6. The summed E-state index contributed by atoms with van der Waals surface area (Å²) in [5.74, 6) is 0. The van der Waals surface area contributed by atoms with Crippen molar-refractivity contribution in [2.75, 3.05) is 32.7 Å². The highest BCUT2D eigenvalue weighted by Gasteiger charge is 2.27. The standard InChI is InChI=1S/C25H27BrN2O/c26-23-13-11-20(12-14-23)24(29)19-27-15-17-28(18-16-27)25(21-7-3-1-4-8-21)22-9-5-2-6-10-22/h1-14,24-25,29H,15-19H2/t24-/m0/s1. The number of rotatable bonds is 6. The molecule has 1 heterocycles. The van der Waals surface area contributed by atoms with Crippen LogP contribution in [0.5, 0.6) is 0 Å². The maximum Gasteiger partial charge on any atom is 0.0916 e. The molecule has 3 aromatic carbocycles. The van der Waals surface area contributed by atoms with Crippen LogP contribution in [0.15, 0.2) is 89.4 Å². The van der Waals surface area contributed by atoms with Crippen molar-refractivity contribution < 1.29 is 5.11 Å². The number of piperazine rings is 1. The van der Waals surface area contributed by atoms with E-state index in [1.807, 2.05) is 24.3 Å². The molecule has 4 heteroatoms. The smallest absolute Gasteiger partial charge is 0.0916 e. The first-order valence-electron chi connectivity index (χ1n) is 10.2. The number of aliphatic hydroxyl groups excluding tert-OH is 1. The van der Waals surface area contributed by atoms with Crippen LogP contribution in [0.25, 0.3) is 0 Å². The third-order valence-electron chi connectivity index (χ3n) is 5.69. The van der Waals surface area contributed by atoms with E-state index >= 15 is 0 Å². The van der Waals surface area contributed by atoms with E-state index < -0.39 is 6.10 Å². The number of hydrogen-bond donors (Lipinski definition) is 1. The topological polar surface area (TPSA) is 26.7 Å². The summed E-state index contributed by atoms with van der Waals surface area (Å²) in [6, 6.07) is 29.8. The molecule has 1 saturated heterocycles. The van der Waals surface area contributed by atoms with E-state index in [1.54, 1.807) is 0 Å². The summed E-state index contributed by atoms with van der Waals surface area (Å²) >= 11 is 3.45. The van der Waals surface area contributed by atoms with Crippen LogP contribution in [0.4, 0.5) is 0 Å². The lowest BCUT2D eigenvalue weighted by Crippen LogP contribution is -2.48. The molecule has 0 bridgehead atoms. The number of aliphatic hydroxyl groups is 1. The van der Waals surface area contributed by atoms with E-state index in [0.717, 1.165) is 36.2 Å². The van der Waals surface area contributed by atoms with E-state index in [4.69, 9.17) is 0 Å².